The van der Waals surface area contributed by atoms with Gasteiger partial charge in [0.2, 0.25) is 0 Å². The number of alkyl halides is 4. The maximum absolute atomic E-state index is 12.9. The maximum Gasteiger partial charge on any atom is 0.461 e. The van der Waals surface area contributed by atoms with Crippen molar-refractivity contribution in [3.8, 4) is 17.2 Å². The number of hydrogen-bond acceptors (Lipinski definition) is 6. The molecule has 2 aromatic carbocycles. The molecule has 0 aliphatic rings. The van der Waals surface area contributed by atoms with E-state index in [-0.39, 0.29) is 17.2 Å². The highest BCUT2D eigenvalue weighted by molar-refractivity contribution is 6.05. The molecule has 0 unspecified atom stereocenters. The highest BCUT2D eigenvalue weighted by Crippen LogP contribution is 2.28. The SMILES string of the molecule is COc1ccccc1-n1nnc(C(=O)Nc2ccc(OC(F)(F)C(F)F)cc2)c1N. The molecule has 0 spiro atoms. The van der Waals surface area contributed by atoms with Gasteiger partial charge >= 0.3 is 12.5 Å². The van der Waals surface area contributed by atoms with E-state index >= 15 is 0 Å². The quantitative estimate of drug-likeness (QED) is 0.563. The van der Waals surface area contributed by atoms with Gasteiger partial charge in [0.25, 0.3) is 5.91 Å². The molecule has 8 nitrogen and oxygen atoms in total. The second-order valence-corrected chi connectivity index (χ2v) is 5.85. The summed E-state index contributed by atoms with van der Waals surface area (Å²) < 4.78 is 60.6. The monoisotopic (exact) mass is 425 g/mol. The zero-order valence-electron chi connectivity index (χ0n) is 15.4. The molecule has 3 N–H and O–H groups in total. The Balaban J connectivity index is 1.75. The van der Waals surface area contributed by atoms with E-state index in [1.54, 1.807) is 24.3 Å². The van der Waals surface area contributed by atoms with Crippen LogP contribution in [-0.2, 0) is 0 Å². The van der Waals surface area contributed by atoms with E-state index in [0.717, 1.165) is 12.1 Å². The molecule has 3 aromatic rings. The Hall–Kier alpha value is -3.83. The number of aromatic nitrogens is 3. The van der Waals surface area contributed by atoms with Gasteiger partial charge < -0.3 is 20.5 Å². The fraction of sp³-hybridized carbons (Fsp3) is 0.167. The molecule has 0 radical (unpaired) electrons. The Labute approximate surface area is 167 Å². The normalized spacial score (nSPS) is 11.4. The number of carbonyl (C=O) groups excluding carboxylic acids is 1. The van der Waals surface area contributed by atoms with Crippen molar-refractivity contribution < 1.29 is 31.8 Å². The number of nitrogens with one attached hydrogen (secondary N) is 1. The van der Waals surface area contributed by atoms with Crippen LogP contribution in [0.1, 0.15) is 10.5 Å². The third-order valence-electron chi connectivity index (χ3n) is 3.85. The molecule has 0 fully saturated rings. The number of carbonyl (C=O) groups is 1. The molecule has 0 saturated heterocycles. The summed E-state index contributed by atoms with van der Waals surface area (Å²) in [5.41, 5.74) is 6.42. The molecule has 0 aliphatic carbocycles. The van der Waals surface area contributed by atoms with Gasteiger partial charge in [0.15, 0.2) is 11.5 Å². The summed E-state index contributed by atoms with van der Waals surface area (Å²) in [5.74, 6) is -0.828. The number of nitrogens with zero attached hydrogens (tertiary/aromatic N) is 3. The number of amides is 1. The summed E-state index contributed by atoms with van der Waals surface area (Å²) in [6.45, 7) is 0. The van der Waals surface area contributed by atoms with Gasteiger partial charge in [-0.1, -0.05) is 17.3 Å². The number of hydrogen-bond donors (Lipinski definition) is 2. The number of ether oxygens (including phenoxy) is 2. The van der Waals surface area contributed by atoms with E-state index in [2.05, 4.69) is 20.4 Å². The Bertz CT molecular complexity index is 1040. The number of rotatable bonds is 7. The Morgan fingerprint density at radius 2 is 1.83 bits per heavy atom. The van der Waals surface area contributed by atoms with Gasteiger partial charge in [-0.3, -0.25) is 4.79 Å². The third-order valence-corrected chi connectivity index (χ3v) is 3.85. The molecule has 12 heteroatoms. The van der Waals surface area contributed by atoms with Crippen LogP contribution in [0.4, 0.5) is 29.1 Å². The zero-order chi connectivity index (χ0) is 21.9. The Morgan fingerprint density at radius 3 is 2.47 bits per heavy atom. The van der Waals surface area contributed by atoms with Gasteiger partial charge in [0.05, 0.1) is 7.11 Å². The molecule has 1 heterocycles. The highest BCUT2D eigenvalue weighted by atomic mass is 19.3. The van der Waals surface area contributed by atoms with Crippen molar-refractivity contribution >= 4 is 17.4 Å². The highest BCUT2D eigenvalue weighted by Gasteiger charge is 2.43. The summed E-state index contributed by atoms with van der Waals surface area (Å²) in [5, 5.41) is 10.1. The van der Waals surface area contributed by atoms with Gasteiger partial charge in [-0.25, -0.2) is 0 Å². The smallest absolute Gasteiger partial charge is 0.461 e. The molecule has 30 heavy (non-hydrogen) atoms. The minimum Gasteiger partial charge on any atom is -0.494 e. The van der Waals surface area contributed by atoms with Crippen LogP contribution in [0, 0.1) is 0 Å². The van der Waals surface area contributed by atoms with E-state index < -0.39 is 24.2 Å². The molecule has 0 aliphatic heterocycles. The van der Waals surface area contributed by atoms with Crippen LogP contribution in [-0.4, -0.2) is 40.5 Å². The van der Waals surface area contributed by atoms with Crippen molar-refractivity contribution in [2.45, 2.75) is 12.5 Å². The van der Waals surface area contributed by atoms with E-state index in [1.807, 2.05) is 0 Å². The fourth-order valence-electron chi connectivity index (χ4n) is 2.43. The lowest BCUT2D eigenvalue weighted by molar-refractivity contribution is -0.253. The number of para-hydroxylation sites is 2. The topological polar surface area (TPSA) is 104 Å². The third kappa shape index (κ3) is 4.26. The lowest BCUT2D eigenvalue weighted by Gasteiger charge is -2.16. The second kappa shape index (κ2) is 8.27. The predicted octanol–water partition coefficient (Wildman–Crippen LogP) is 3.35. The molecular weight excluding hydrogens is 410 g/mol. The molecule has 0 atom stereocenters. The van der Waals surface area contributed by atoms with Crippen LogP contribution >= 0.6 is 0 Å². The minimum absolute atomic E-state index is 0.0615. The summed E-state index contributed by atoms with van der Waals surface area (Å²) in [7, 11) is 1.46. The van der Waals surface area contributed by atoms with Crippen LogP contribution in [0.15, 0.2) is 48.5 Å². The first-order valence-corrected chi connectivity index (χ1v) is 8.34. The summed E-state index contributed by atoms with van der Waals surface area (Å²) in [6.07, 6.45) is -8.61. The average Bonchev–Trinajstić information content (AvgIpc) is 3.10. The zero-order valence-corrected chi connectivity index (χ0v) is 15.4. The first kappa shape index (κ1) is 20.9. The predicted molar refractivity (Wildman–Crippen MR) is 98.3 cm³/mol. The van der Waals surface area contributed by atoms with Gasteiger partial charge in [0.1, 0.15) is 17.2 Å². The lowest BCUT2D eigenvalue weighted by atomic mass is 10.2. The van der Waals surface area contributed by atoms with E-state index in [9.17, 15) is 22.4 Å². The first-order chi connectivity index (χ1) is 14.2. The van der Waals surface area contributed by atoms with Gasteiger partial charge in [-0.2, -0.15) is 22.2 Å². The number of benzene rings is 2. The number of methoxy groups -OCH3 is 1. The van der Waals surface area contributed by atoms with Crippen molar-refractivity contribution in [2.75, 3.05) is 18.2 Å². The first-order valence-electron chi connectivity index (χ1n) is 8.34. The van der Waals surface area contributed by atoms with Gasteiger partial charge in [0, 0.05) is 5.69 Å². The van der Waals surface area contributed by atoms with Crippen LogP contribution in [0.2, 0.25) is 0 Å². The molecule has 3 rings (SSSR count). The van der Waals surface area contributed by atoms with Crippen molar-refractivity contribution in [3.63, 3.8) is 0 Å². The van der Waals surface area contributed by atoms with Gasteiger partial charge in [-0.05, 0) is 36.4 Å². The number of anilines is 2. The van der Waals surface area contributed by atoms with Crippen molar-refractivity contribution in [3.05, 3.63) is 54.2 Å². The summed E-state index contributed by atoms with van der Waals surface area (Å²) >= 11 is 0. The minimum atomic E-state index is -4.63. The number of nitrogens with two attached hydrogens (primary N) is 1. The molecule has 158 valence electrons. The number of nitrogen functional groups attached to an aromatic ring is 1. The van der Waals surface area contributed by atoms with Crippen LogP contribution in [0.25, 0.3) is 5.69 Å². The van der Waals surface area contributed by atoms with Crippen molar-refractivity contribution in [1.29, 1.82) is 0 Å². The molecule has 0 bridgehead atoms. The Kier molecular flexibility index (Phi) is 5.76. The number of halogens is 4. The van der Waals surface area contributed by atoms with E-state index in [4.69, 9.17) is 10.5 Å². The summed E-state index contributed by atoms with van der Waals surface area (Å²) in [6, 6.07) is 11.2. The Morgan fingerprint density at radius 1 is 1.17 bits per heavy atom. The van der Waals surface area contributed by atoms with Crippen LogP contribution < -0.4 is 20.5 Å². The molecule has 1 aromatic heterocycles. The standard InChI is InChI=1S/C18H15F4N5O3/c1-29-13-5-3-2-4-12(13)27-15(23)14(25-26-27)16(28)24-10-6-8-11(9-7-10)30-18(21,22)17(19)20/h2-9,17H,23H2,1H3,(H,24,28). The van der Waals surface area contributed by atoms with Crippen molar-refractivity contribution in [2.24, 2.45) is 0 Å². The molecule has 0 saturated carbocycles. The molecule has 1 amide bonds. The fourth-order valence-corrected chi connectivity index (χ4v) is 2.43. The summed E-state index contributed by atoms with van der Waals surface area (Å²) in [4.78, 5) is 12.4. The molecular formula is C18H15F4N5O3. The van der Waals surface area contributed by atoms with Gasteiger partial charge in [-0.15, -0.1) is 5.10 Å². The average molecular weight is 425 g/mol. The largest absolute Gasteiger partial charge is 0.494 e. The van der Waals surface area contributed by atoms with Crippen molar-refractivity contribution in [1.82, 2.24) is 15.0 Å². The second-order valence-electron chi connectivity index (χ2n) is 5.85. The van der Waals surface area contributed by atoms with E-state index in [0.29, 0.717) is 11.4 Å². The lowest BCUT2D eigenvalue weighted by Crippen LogP contribution is -2.33. The van der Waals surface area contributed by atoms with E-state index in [1.165, 1.54) is 23.9 Å². The van der Waals surface area contributed by atoms with Crippen LogP contribution in [0.3, 0.4) is 0 Å². The maximum atomic E-state index is 12.9. The van der Waals surface area contributed by atoms with Crippen LogP contribution in [0.5, 0.6) is 11.5 Å².